The zero-order chi connectivity index (χ0) is 24.1. The molecule has 8 heteroatoms. The third-order valence-corrected chi connectivity index (χ3v) is 7.66. The van der Waals surface area contributed by atoms with E-state index in [0.717, 1.165) is 25.7 Å². The first kappa shape index (κ1) is 23.1. The normalized spacial score (nSPS) is 28.9. The first-order valence-corrected chi connectivity index (χ1v) is 11.9. The summed E-state index contributed by atoms with van der Waals surface area (Å²) in [4.78, 5) is 25.5. The van der Waals surface area contributed by atoms with E-state index in [1.807, 2.05) is 0 Å². The third kappa shape index (κ3) is 4.39. The Morgan fingerprint density at radius 2 is 2.03 bits per heavy atom. The lowest BCUT2D eigenvalue weighted by atomic mass is 9.62. The smallest absolute Gasteiger partial charge is 0.258 e. The van der Waals surface area contributed by atoms with E-state index in [1.54, 1.807) is 37.3 Å². The zero-order valence-corrected chi connectivity index (χ0v) is 19.7. The number of aryl methyl sites for hydroxylation is 1. The number of benzene rings is 2. The van der Waals surface area contributed by atoms with Gasteiger partial charge >= 0.3 is 0 Å². The number of hydrogen-bond donors (Lipinski definition) is 2. The van der Waals surface area contributed by atoms with Crippen molar-refractivity contribution in [3.63, 3.8) is 0 Å². The standard InChI is InChI=1S/C26H27ClFNO5/c1-15-2-4-17(9-19(15)28)33-12-24(32)29-26-7-6-25(13-26,14-26)11-21(31)23-10-20(30)18-8-16(27)3-5-22(18)34-23/h2-5,8-9,20,23,30H,6-7,10-14H2,1H3,(H,29,32)/t20-,23-,25?,26?/m1/s1. The van der Waals surface area contributed by atoms with Crippen LogP contribution in [-0.2, 0) is 9.59 Å². The van der Waals surface area contributed by atoms with Crippen LogP contribution in [0, 0.1) is 18.2 Å². The highest BCUT2D eigenvalue weighted by Crippen LogP contribution is 2.63. The zero-order valence-electron chi connectivity index (χ0n) is 18.9. The highest BCUT2D eigenvalue weighted by molar-refractivity contribution is 6.30. The molecule has 4 aliphatic rings. The Labute approximate surface area is 202 Å². The maximum absolute atomic E-state index is 13.7. The molecular formula is C26H27ClFNO5. The number of ketones is 1. The fourth-order valence-electron chi connectivity index (χ4n) is 5.85. The number of Topliss-reactive ketones (excluding diaryl/α,β-unsaturated/α-hetero) is 1. The molecule has 2 aromatic carbocycles. The lowest BCUT2D eigenvalue weighted by Crippen LogP contribution is -2.57. The SMILES string of the molecule is Cc1ccc(OCC(=O)NC23CCC(CC(=O)[C@H]4C[C@@H](O)c5cc(Cl)ccc5O4)(C2)C3)cc1F. The maximum Gasteiger partial charge on any atom is 0.258 e. The highest BCUT2D eigenvalue weighted by atomic mass is 35.5. The number of nitrogens with one attached hydrogen (secondary N) is 1. The average molecular weight is 488 g/mol. The fraction of sp³-hybridized carbons (Fsp3) is 0.462. The van der Waals surface area contributed by atoms with Crippen molar-refractivity contribution < 1.29 is 28.6 Å². The van der Waals surface area contributed by atoms with Gasteiger partial charge in [0.1, 0.15) is 17.3 Å². The first-order valence-electron chi connectivity index (χ1n) is 11.5. The predicted molar refractivity (Wildman–Crippen MR) is 123 cm³/mol. The minimum atomic E-state index is -0.792. The number of rotatable bonds is 7. The van der Waals surface area contributed by atoms with Crippen LogP contribution in [0.3, 0.4) is 0 Å². The Morgan fingerprint density at radius 3 is 2.79 bits per heavy atom. The van der Waals surface area contributed by atoms with E-state index in [0.29, 0.717) is 34.1 Å². The van der Waals surface area contributed by atoms with Crippen molar-refractivity contribution in [3.05, 3.63) is 58.4 Å². The van der Waals surface area contributed by atoms with E-state index < -0.39 is 12.2 Å². The molecule has 2 N–H and O–H groups in total. The molecule has 6 rings (SSSR count). The fourth-order valence-corrected chi connectivity index (χ4v) is 6.03. The molecule has 6 nitrogen and oxygen atoms in total. The summed E-state index contributed by atoms with van der Waals surface area (Å²) in [5.41, 5.74) is 0.676. The molecule has 0 saturated heterocycles. The maximum atomic E-state index is 13.7. The molecule has 2 bridgehead atoms. The molecule has 0 unspecified atom stereocenters. The Kier molecular flexibility index (Phi) is 5.81. The van der Waals surface area contributed by atoms with Crippen molar-refractivity contribution >= 4 is 23.3 Å². The van der Waals surface area contributed by atoms with Crippen LogP contribution in [0.2, 0.25) is 5.02 Å². The lowest BCUT2D eigenvalue weighted by molar-refractivity contribution is -0.133. The second kappa shape index (κ2) is 8.54. The van der Waals surface area contributed by atoms with Gasteiger partial charge in [0.25, 0.3) is 5.91 Å². The van der Waals surface area contributed by atoms with Crippen molar-refractivity contribution in [2.75, 3.05) is 6.61 Å². The quantitative estimate of drug-likeness (QED) is 0.603. The van der Waals surface area contributed by atoms with E-state index in [-0.39, 0.29) is 41.5 Å². The van der Waals surface area contributed by atoms with Crippen LogP contribution in [0.25, 0.3) is 0 Å². The lowest BCUT2D eigenvalue weighted by Gasteiger charge is -2.48. The molecule has 0 aromatic heterocycles. The Balaban J connectivity index is 1.13. The van der Waals surface area contributed by atoms with E-state index in [9.17, 15) is 19.1 Å². The summed E-state index contributed by atoms with van der Waals surface area (Å²) in [6, 6.07) is 9.55. The molecule has 0 spiro atoms. The highest BCUT2D eigenvalue weighted by Gasteiger charge is 2.62. The van der Waals surface area contributed by atoms with Crippen LogP contribution in [0.5, 0.6) is 11.5 Å². The summed E-state index contributed by atoms with van der Waals surface area (Å²) in [5.74, 6) is 0.161. The van der Waals surface area contributed by atoms with Crippen molar-refractivity contribution in [3.8, 4) is 11.5 Å². The number of carbonyl (C=O) groups is 2. The van der Waals surface area contributed by atoms with Gasteiger partial charge in [-0.05, 0) is 67.9 Å². The van der Waals surface area contributed by atoms with Crippen LogP contribution in [-0.4, -0.2) is 35.0 Å². The molecule has 1 aliphatic heterocycles. The Morgan fingerprint density at radius 1 is 1.24 bits per heavy atom. The van der Waals surface area contributed by atoms with Crippen LogP contribution in [0.1, 0.15) is 55.8 Å². The van der Waals surface area contributed by atoms with Crippen LogP contribution >= 0.6 is 11.6 Å². The third-order valence-electron chi connectivity index (χ3n) is 7.42. The largest absolute Gasteiger partial charge is 0.484 e. The van der Waals surface area contributed by atoms with E-state index in [1.165, 1.54) is 6.07 Å². The molecule has 1 amide bonds. The predicted octanol–water partition coefficient (Wildman–Crippen LogP) is 4.44. The number of hydrogen-bond acceptors (Lipinski definition) is 5. The van der Waals surface area contributed by atoms with Crippen LogP contribution in [0.15, 0.2) is 36.4 Å². The number of halogens is 2. The topological polar surface area (TPSA) is 84.9 Å². The molecular weight excluding hydrogens is 461 g/mol. The number of carbonyl (C=O) groups excluding carboxylic acids is 2. The second-order valence-electron chi connectivity index (χ2n) is 10.1. The van der Waals surface area contributed by atoms with E-state index in [4.69, 9.17) is 21.1 Å². The Bertz CT molecular complexity index is 1150. The molecule has 3 aliphatic carbocycles. The van der Waals surface area contributed by atoms with Gasteiger partial charge in [-0.2, -0.15) is 0 Å². The molecule has 180 valence electrons. The van der Waals surface area contributed by atoms with Crippen molar-refractivity contribution in [1.29, 1.82) is 0 Å². The van der Waals surface area contributed by atoms with Crippen molar-refractivity contribution in [1.82, 2.24) is 5.32 Å². The summed E-state index contributed by atoms with van der Waals surface area (Å²) in [6.07, 6.45) is 2.22. The van der Waals surface area contributed by atoms with Crippen molar-refractivity contribution in [2.24, 2.45) is 5.41 Å². The number of amides is 1. The molecule has 34 heavy (non-hydrogen) atoms. The number of aliphatic hydroxyl groups is 1. The number of aliphatic hydroxyl groups excluding tert-OH is 1. The molecule has 3 fully saturated rings. The molecule has 1 heterocycles. The summed E-state index contributed by atoms with van der Waals surface area (Å²) in [7, 11) is 0. The molecule has 2 atom stereocenters. The Hall–Kier alpha value is -2.64. The van der Waals surface area contributed by atoms with E-state index >= 15 is 0 Å². The van der Waals surface area contributed by atoms with Gasteiger partial charge in [0.15, 0.2) is 18.5 Å². The molecule has 3 saturated carbocycles. The minimum absolute atomic E-state index is 0.0220. The van der Waals surface area contributed by atoms with Gasteiger partial charge in [0, 0.05) is 35.0 Å². The average Bonchev–Trinajstić information content (AvgIpc) is 3.29. The number of fused-ring (bicyclic) bond motifs is 2. The summed E-state index contributed by atoms with van der Waals surface area (Å²) >= 11 is 6.00. The van der Waals surface area contributed by atoms with Gasteiger partial charge in [0.05, 0.1) is 6.10 Å². The molecule has 0 radical (unpaired) electrons. The van der Waals surface area contributed by atoms with Gasteiger partial charge in [-0.25, -0.2) is 4.39 Å². The summed E-state index contributed by atoms with van der Waals surface area (Å²) in [5, 5.41) is 14.1. The summed E-state index contributed by atoms with van der Waals surface area (Å²) < 4.78 is 25.0. The van der Waals surface area contributed by atoms with E-state index in [2.05, 4.69) is 5.32 Å². The van der Waals surface area contributed by atoms with Crippen LogP contribution < -0.4 is 14.8 Å². The number of ether oxygens (including phenoxy) is 2. The van der Waals surface area contributed by atoms with Crippen LogP contribution in [0.4, 0.5) is 4.39 Å². The van der Waals surface area contributed by atoms with Gasteiger partial charge in [-0.1, -0.05) is 17.7 Å². The summed E-state index contributed by atoms with van der Waals surface area (Å²) in [6.45, 7) is 1.48. The minimum Gasteiger partial charge on any atom is -0.484 e. The first-order chi connectivity index (χ1) is 16.2. The van der Waals surface area contributed by atoms with Gasteiger partial charge in [-0.3, -0.25) is 9.59 Å². The van der Waals surface area contributed by atoms with Crippen molar-refractivity contribution in [2.45, 2.75) is 63.2 Å². The van der Waals surface area contributed by atoms with Gasteiger partial charge in [-0.15, -0.1) is 0 Å². The second-order valence-corrected chi connectivity index (χ2v) is 10.5. The molecule has 2 aromatic rings. The van der Waals surface area contributed by atoms with Gasteiger partial charge in [0.2, 0.25) is 0 Å². The monoisotopic (exact) mass is 487 g/mol. The van der Waals surface area contributed by atoms with Gasteiger partial charge < -0.3 is 19.9 Å².